The zero-order chi connectivity index (χ0) is 24.9. The van der Waals surface area contributed by atoms with E-state index in [9.17, 15) is 22.4 Å². The molecule has 184 valence electrons. The van der Waals surface area contributed by atoms with Crippen LogP contribution in [0.3, 0.4) is 0 Å². The first-order chi connectivity index (χ1) is 16.0. The van der Waals surface area contributed by atoms with Gasteiger partial charge in [-0.05, 0) is 70.0 Å². The van der Waals surface area contributed by atoms with Gasteiger partial charge in [-0.3, -0.25) is 10.1 Å². The van der Waals surface area contributed by atoms with Crippen LogP contribution in [0.2, 0.25) is 0 Å². The molecule has 10 heteroatoms. The topological polar surface area (TPSA) is 105 Å². The summed E-state index contributed by atoms with van der Waals surface area (Å²) in [4.78, 5) is 24.8. The molecule has 3 rings (SSSR count). The van der Waals surface area contributed by atoms with Gasteiger partial charge >= 0.3 is 6.09 Å². The number of halogens is 1. The van der Waals surface area contributed by atoms with Gasteiger partial charge in [-0.25, -0.2) is 17.6 Å². The molecule has 1 aliphatic heterocycles. The third-order valence-electron chi connectivity index (χ3n) is 5.16. The van der Waals surface area contributed by atoms with E-state index in [4.69, 9.17) is 4.74 Å². The Bertz CT molecular complexity index is 1150. The molecule has 2 N–H and O–H groups in total. The average Bonchev–Trinajstić information content (AvgIpc) is 3.05. The first kappa shape index (κ1) is 25.6. The van der Waals surface area contributed by atoms with Crippen LogP contribution in [0.15, 0.2) is 47.4 Å². The van der Waals surface area contributed by atoms with Gasteiger partial charge in [0.1, 0.15) is 11.4 Å². The first-order valence-electron chi connectivity index (χ1n) is 11.2. The summed E-state index contributed by atoms with van der Waals surface area (Å²) in [6.45, 7) is 5.96. The highest BCUT2D eigenvalue weighted by Crippen LogP contribution is 2.24. The number of rotatable bonds is 5. The van der Waals surface area contributed by atoms with E-state index in [-0.39, 0.29) is 21.8 Å². The molecule has 1 fully saturated rings. The third kappa shape index (κ3) is 6.77. The van der Waals surface area contributed by atoms with Crippen LogP contribution in [0, 0.1) is 5.82 Å². The maximum Gasteiger partial charge on any atom is 0.412 e. The molecule has 0 radical (unpaired) electrons. The number of hydrogen-bond acceptors (Lipinski definition) is 5. The van der Waals surface area contributed by atoms with Crippen LogP contribution in [0.5, 0.6) is 0 Å². The summed E-state index contributed by atoms with van der Waals surface area (Å²) in [6.07, 6.45) is 2.78. The Kier molecular flexibility index (Phi) is 7.93. The largest absolute Gasteiger partial charge is 0.444 e. The summed E-state index contributed by atoms with van der Waals surface area (Å²) < 4.78 is 46.9. The predicted molar refractivity (Wildman–Crippen MR) is 128 cm³/mol. The lowest BCUT2D eigenvalue weighted by molar-refractivity contribution is 0.0635. The summed E-state index contributed by atoms with van der Waals surface area (Å²) in [5.41, 5.74) is -0.560. The molecule has 0 spiro atoms. The standard InChI is InChI=1S/C24H30FN3O5S/c1-24(2,3)33-23(30)27-21-16-18(11-12-20(21)25)26-22(29)17-9-8-10-19(15-17)34(31,32)28-13-6-4-5-7-14-28/h8-12,15-16H,4-7,13-14H2,1-3H3,(H,26,29)(H,27,30). The van der Waals surface area contributed by atoms with Crippen molar-refractivity contribution in [2.75, 3.05) is 23.7 Å². The van der Waals surface area contributed by atoms with Crippen LogP contribution in [0.25, 0.3) is 0 Å². The van der Waals surface area contributed by atoms with Gasteiger partial charge in [0, 0.05) is 24.3 Å². The van der Waals surface area contributed by atoms with E-state index < -0.39 is 33.4 Å². The number of hydrogen-bond donors (Lipinski definition) is 2. The van der Waals surface area contributed by atoms with E-state index >= 15 is 0 Å². The summed E-state index contributed by atoms with van der Waals surface area (Å²) >= 11 is 0. The molecular formula is C24H30FN3O5S. The number of carbonyl (C=O) groups is 2. The van der Waals surface area contributed by atoms with E-state index in [2.05, 4.69) is 10.6 Å². The van der Waals surface area contributed by atoms with Gasteiger partial charge in [0.15, 0.2) is 0 Å². The molecule has 34 heavy (non-hydrogen) atoms. The summed E-state index contributed by atoms with van der Waals surface area (Å²) in [6, 6.07) is 9.51. The van der Waals surface area contributed by atoms with Gasteiger partial charge in [0.2, 0.25) is 10.0 Å². The minimum Gasteiger partial charge on any atom is -0.444 e. The Morgan fingerprint density at radius 3 is 2.29 bits per heavy atom. The van der Waals surface area contributed by atoms with Crippen LogP contribution in [0.1, 0.15) is 56.8 Å². The molecular weight excluding hydrogens is 461 g/mol. The Morgan fingerprint density at radius 2 is 1.65 bits per heavy atom. The highest BCUT2D eigenvalue weighted by atomic mass is 32.2. The molecule has 2 amide bonds. The predicted octanol–water partition coefficient (Wildman–Crippen LogP) is 4.99. The van der Waals surface area contributed by atoms with Crippen molar-refractivity contribution >= 4 is 33.4 Å². The van der Waals surface area contributed by atoms with Gasteiger partial charge < -0.3 is 10.1 Å². The van der Waals surface area contributed by atoms with Gasteiger partial charge in [0.25, 0.3) is 5.91 Å². The number of sulfonamides is 1. The van der Waals surface area contributed by atoms with E-state index in [0.717, 1.165) is 31.7 Å². The lowest BCUT2D eigenvalue weighted by atomic mass is 10.2. The Balaban J connectivity index is 1.75. The average molecular weight is 492 g/mol. The third-order valence-corrected chi connectivity index (χ3v) is 7.05. The lowest BCUT2D eigenvalue weighted by Crippen LogP contribution is -2.32. The number of benzene rings is 2. The highest BCUT2D eigenvalue weighted by molar-refractivity contribution is 7.89. The molecule has 0 atom stereocenters. The molecule has 2 aromatic rings. The highest BCUT2D eigenvalue weighted by Gasteiger charge is 2.26. The van der Waals surface area contributed by atoms with E-state index in [1.807, 2.05) is 0 Å². The fourth-order valence-corrected chi connectivity index (χ4v) is 5.11. The summed E-state index contributed by atoms with van der Waals surface area (Å²) in [5.74, 6) is -1.27. The van der Waals surface area contributed by atoms with Crippen molar-refractivity contribution in [2.24, 2.45) is 0 Å². The van der Waals surface area contributed by atoms with Crippen LogP contribution >= 0.6 is 0 Å². The maximum atomic E-state index is 14.2. The molecule has 8 nitrogen and oxygen atoms in total. The summed E-state index contributed by atoms with van der Waals surface area (Å²) in [7, 11) is -3.71. The second-order valence-electron chi connectivity index (χ2n) is 9.12. The quantitative estimate of drug-likeness (QED) is 0.613. The van der Waals surface area contributed by atoms with E-state index in [1.165, 1.54) is 40.7 Å². The second kappa shape index (κ2) is 10.5. The smallest absolute Gasteiger partial charge is 0.412 e. The summed E-state index contributed by atoms with van der Waals surface area (Å²) in [5, 5.41) is 4.93. The molecule has 0 aliphatic carbocycles. The zero-order valence-corrected chi connectivity index (χ0v) is 20.4. The fraction of sp³-hybridized carbons (Fsp3) is 0.417. The van der Waals surface area contributed by atoms with Crippen molar-refractivity contribution < 1.29 is 27.1 Å². The molecule has 0 unspecified atom stereocenters. The fourth-order valence-electron chi connectivity index (χ4n) is 3.54. The monoisotopic (exact) mass is 491 g/mol. The van der Waals surface area contributed by atoms with Gasteiger partial charge in [0.05, 0.1) is 10.6 Å². The second-order valence-corrected chi connectivity index (χ2v) is 11.1. The number of anilines is 2. The van der Waals surface area contributed by atoms with Crippen molar-refractivity contribution in [1.29, 1.82) is 0 Å². The molecule has 1 aliphatic rings. The van der Waals surface area contributed by atoms with E-state index in [1.54, 1.807) is 20.8 Å². The van der Waals surface area contributed by atoms with Crippen LogP contribution < -0.4 is 10.6 Å². The molecule has 1 saturated heterocycles. The first-order valence-corrected chi connectivity index (χ1v) is 12.6. The lowest BCUT2D eigenvalue weighted by Gasteiger charge is -2.20. The van der Waals surface area contributed by atoms with Crippen LogP contribution in [-0.4, -0.2) is 43.4 Å². The van der Waals surface area contributed by atoms with Crippen molar-refractivity contribution in [3.8, 4) is 0 Å². The molecule has 0 bridgehead atoms. The van der Waals surface area contributed by atoms with Crippen molar-refractivity contribution in [3.05, 3.63) is 53.8 Å². The Hall–Kier alpha value is -2.98. The molecule has 1 heterocycles. The van der Waals surface area contributed by atoms with Gasteiger partial charge in [-0.2, -0.15) is 4.31 Å². The maximum absolute atomic E-state index is 14.2. The molecule has 2 aromatic carbocycles. The normalized spacial score (nSPS) is 15.3. The van der Waals surface area contributed by atoms with Crippen molar-refractivity contribution in [1.82, 2.24) is 4.31 Å². The van der Waals surface area contributed by atoms with Crippen molar-refractivity contribution in [2.45, 2.75) is 57.0 Å². The van der Waals surface area contributed by atoms with Gasteiger partial charge in [-0.15, -0.1) is 0 Å². The van der Waals surface area contributed by atoms with Gasteiger partial charge in [-0.1, -0.05) is 18.9 Å². The van der Waals surface area contributed by atoms with Crippen LogP contribution in [0.4, 0.5) is 20.6 Å². The minimum atomic E-state index is -3.71. The minimum absolute atomic E-state index is 0.0495. The van der Waals surface area contributed by atoms with Crippen molar-refractivity contribution in [3.63, 3.8) is 0 Å². The number of ether oxygens (including phenoxy) is 1. The van der Waals surface area contributed by atoms with E-state index in [0.29, 0.717) is 13.1 Å². The Labute approximate surface area is 199 Å². The number of carbonyl (C=O) groups excluding carboxylic acids is 2. The SMILES string of the molecule is CC(C)(C)OC(=O)Nc1cc(NC(=O)c2cccc(S(=O)(=O)N3CCCCCC3)c2)ccc1F. The number of nitrogens with one attached hydrogen (secondary N) is 2. The number of nitrogens with zero attached hydrogens (tertiary/aromatic N) is 1. The zero-order valence-electron chi connectivity index (χ0n) is 19.6. The van der Waals surface area contributed by atoms with Crippen LogP contribution in [-0.2, 0) is 14.8 Å². The molecule has 0 saturated carbocycles. The Morgan fingerprint density at radius 1 is 0.971 bits per heavy atom. The number of amides is 2. The molecule has 0 aromatic heterocycles.